The van der Waals surface area contributed by atoms with E-state index in [2.05, 4.69) is 0 Å². The molecule has 1 aliphatic rings. The van der Waals surface area contributed by atoms with Gasteiger partial charge in [0, 0.05) is 25.6 Å². The number of nitrogens with two attached hydrogens (primary N) is 1. The second kappa shape index (κ2) is 7.29. The maximum atomic E-state index is 12.3. The first kappa shape index (κ1) is 14.9. The van der Waals surface area contributed by atoms with E-state index in [0.717, 1.165) is 37.1 Å². The lowest BCUT2D eigenvalue weighted by atomic mass is 10.0. The van der Waals surface area contributed by atoms with Gasteiger partial charge in [-0.05, 0) is 43.4 Å². The summed E-state index contributed by atoms with van der Waals surface area (Å²) in [6, 6.07) is 8.14. The molecule has 0 spiro atoms. The standard InChI is InChI=1S/C16H24N2O2/c1-20-15-7-4-5-13(11-15)8-9-16(19)18-10-3-2-6-14(18)12-17/h4-5,7,11,14H,2-3,6,8-10,12,17H2,1H3. The smallest absolute Gasteiger partial charge is 0.223 e. The number of likely N-dealkylation sites (tertiary alicyclic amines) is 1. The fraction of sp³-hybridized carbons (Fsp3) is 0.562. The molecular weight excluding hydrogens is 252 g/mol. The lowest BCUT2D eigenvalue weighted by Crippen LogP contribution is -2.47. The number of ether oxygens (including phenoxy) is 1. The van der Waals surface area contributed by atoms with E-state index in [1.807, 2.05) is 29.2 Å². The summed E-state index contributed by atoms with van der Waals surface area (Å²) in [6.45, 7) is 1.43. The third kappa shape index (κ3) is 3.73. The van der Waals surface area contributed by atoms with Crippen LogP contribution in [-0.2, 0) is 11.2 Å². The zero-order valence-corrected chi connectivity index (χ0v) is 12.2. The van der Waals surface area contributed by atoms with Crippen LogP contribution in [-0.4, -0.2) is 37.0 Å². The molecule has 2 N–H and O–H groups in total. The van der Waals surface area contributed by atoms with Crippen molar-refractivity contribution < 1.29 is 9.53 Å². The Bertz CT molecular complexity index is 448. The topological polar surface area (TPSA) is 55.6 Å². The van der Waals surface area contributed by atoms with Crippen LogP contribution in [0.3, 0.4) is 0 Å². The highest BCUT2D eigenvalue weighted by atomic mass is 16.5. The number of carbonyl (C=O) groups excluding carboxylic acids is 1. The number of hydrogen-bond acceptors (Lipinski definition) is 3. The molecule has 0 radical (unpaired) electrons. The van der Waals surface area contributed by atoms with Crippen LogP contribution < -0.4 is 10.5 Å². The zero-order valence-electron chi connectivity index (χ0n) is 12.2. The summed E-state index contributed by atoms with van der Waals surface area (Å²) in [5, 5.41) is 0. The Hall–Kier alpha value is -1.55. The second-order valence-electron chi connectivity index (χ2n) is 5.32. The third-order valence-corrected chi connectivity index (χ3v) is 3.98. The molecule has 1 amide bonds. The number of hydrogen-bond donors (Lipinski definition) is 1. The first-order valence-electron chi connectivity index (χ1n) is 7.37. The molecule has 1 fully saturated rings. The quantitative estimate of drug-likeness (QED) is 0.894. The average molecular weight is 276 g/mol. The summed E-state index contributed by atoms with van der Waals surface area (Å²) in [4.78, 5) is 14.3. The van der Waals surface area contributed by atoms with Crippen molar-refractivity contribution in [3.63, 3.8) is 0 Å². The van der Waals surface area contributed by atoms with E-state index in [9.17, 15) is 4.79 Å². The van der Waals surface area contributed by atoms with Crippen molar-refractivity contribution in [2.75, 3.05) is 20.2 Å². The number of benzene rings is 1. The summed E-state index contributed by atoms with van der Waals surface area (Å²) < 4.78 is 5.20. The van der Waals surface area contributed by atoms with Gasteiger partial charge in [0.15, 0.2) is 0 Å². The van der Waals surface area contributed by atoms with Gasteiger partial charge in [-0.1, -0.05) is 12.1 Å². The van der Waals surface area contributed by atoms with Gasteiger partial charge in [0.1, 0.15) is 5.75 Å². The number of piperidine rings is 1. The van der Waals surface area contributed by atoms with Crippen LogP contribution in [0.4, 0.5) is 0 Å². The highest BCUT2D eigenvalue weighted by Gasteiger charge is 2.24. The molecule has 1 saturated heterocycles. The lowest BCUT2D eigenvalue weighted by Gasteiger charge is -2.35. The molecule has 0 aliphatic carbocycles. The van der Waals surface area contributed by atoms with Crippen molar-refractivity contribution in [2.45, 2.75) is 38.1 Å². The van der Waals surface area contributed by atoms with Gasteiger partial charge in [0.2, 0.25) is 5.91 Å². The molecule has 2 rings (SSSR count). The Balaban J connectivity index is 1.90. The zero-order chi connectivity index (χ0) is 14.4. The molecule has 4 nitrogen and oxygen atoms in total. The number of amides is 1. The Morgan fingerprint density at radius 3 is 3.05 bits per heavy atom. The van der Waals surface area contributed by atoms with Crippen LogP contribution in [0.2, 0.25) is 0 Å². The van der Waals surface area contributed by atoms with Gasteiger partial charge < -0.3 is 15.4 Å². The summed E-state index contributed by atoms with van der Waals surface area (Å²) in [6.07, 6.45) is 4.62. The Labute approximate surface area is 120 Å². The maximum absolute atomic E-state index is 12.3. The van der Waals surface area contributed by atoms with E-state index in [4.69, 9.17) is 10.5 Å². The van der Waals surface area contributed by atoms with Crippen molar-refractivity contribution in [3.05, 3.63) is 29.8 Å². The van der Waals surface area contributed by atoms with Crippen LogP contribution in [0.25, 0.3) is 0 Å². The second-order valence-corrected chi connectivity index (χ2v) is 5.32. The number of nitrogens with zero attached hydrogens (tertiary/aromatic N) is 1. The molecule has 0 bridgehead atoms. The average Bonchev–Trinajstić information content (AvgIpc) is 2.52. The molecular formula is C16H24N2O2. The SMILES string of the molecule is COc1cccc(CCC(=O)N2CCCCC2CN)c1. The summed E-state index contributed by atoms with van der Waals surface area (Å²) in [5.41, 5.74) is 6.90. The van der Waals surface area contributed by atoms with Gasteiger partial charge >= 0.3 is 0 Å². The van der Waals surface area contributed by atoms with Gasteiger partial charge in [0.25, 0.3) is 0 Å². The predicted octanol–water partition coefficient (Wildman–Crippen LogP) is 1.97. The highest BCUT2D eigenvalue weighted by Crippen LogP contribution is 2.19. The van der Waals surface area contributed by atoms with E-state index in [0.29, 0.717) is 13.0 Å². The molecule has 20 heavy (non-hydrogen) atoms. The number of carbonyl (C=O) groups is 1. The number of rotatable bonds is 5. The van der Waals surface area contributed by atoms with Crippen LogP contribution in [0.1, 0.15) is 31.2 Å². The van der Waals surface area contributed by atoms with Gasteiger partial charge in [-0.3, -0.25) is 4.79 Å². The first-order valence-corrected chi connectivity index (χ1v) is 7.37. The van der Waals surface area contributed by atoms with E-state index >= 15 is 0 Å². The van der Waals surface area contributed by atoms with E-state index < -0.39 is 0 Å². The lowest BCUT2D eigenvalue weighted by molar-refractivity contribution is -0.134. The maximum Gasteiger partial charge on any atom is 0.223 e. The fourth-order valence-electron chi connectivity index (χ4n) is 2.80. The van der Waals surface area contributed by atoms with Gasteiger partial charge in [-0.15, -0.1) is 0 Å². The van der Waals surface area contributed by atoms with Gasteiger partial charge in [-0.25, -0.2) is 0 Å². The molecule has 1 heterocycles. The van der Waals surface area contributed by atoms with Crippen molar-refractivity contribution in [1.82, 2.24) is 4.90 Å². The van der Waals surface area contributed by atoms with Crippen molar-refractivity contribution >= 4 is 5.91 Å². The summed E-state index contributed by atoms with van der Waals surface area (Å²) >= 11 is 0. The monoisotopic (exact) mass is 276 g/mol. The molecule has 4 heteroatoms. The minimum atomic E-state index is 0.225. The molecule has 1 aromatic carbocycles. The fourth-order valence-corrected chi connectivity index (χ4v) is 2.80. The van der Waals surface area contributed by atoms with Gasteiger partial charge in [0.05, 0.1) is 7.11 Å². The first-order chi connectivity index (χ1) is 9.74. The largest absolute Gasteiger partial charge is 0.497 e. The Kier molecular flexibility index (Phi) is 5.41. The molecule has 0 aromatic heterocycles. The van der Waals surface area contributed by atoms with Crippen molar-refractivity contribution in [2.24, 2.45) is 5.73 Å². The van der Waals surface area contributed by atoms with E-state index in [1.54, 1.807) is 7.11 Å². The minimum Gasteiger partial charge on any atom is -0.497 e. The van der Waals surface area contributed by atoms with Crippen LogP contribution in [0, 0.1) is 0 Å². The van der Waals surface area contributed by atoms with E-state index in [1.165, 1.54) is 6.42 Å². The Morgan fingerprint density at radius 1 is 1.45 bits per heavy atom. The van der Waals surface area contributed by atoms with E-state index in [-0.39, 0.29) is 11.9 Å². The van der Waals surface area contributed by atoms with Crippen molar-refractivity contribution in [3.8, 4) is 5.75 Å². The van der Waals surface area contributed by atoms with Crippen LogP contribution >= 0.6 is 0 Å². The highest BCUT2D eigenvalue weighted by molar-refractivity contribution is 5.77. The molecule has 1 atom stereocenters. The molecule has 1 aliphatic heterocycles. The summed E-state index contributed by atoms with van der Waals surface area (Å²) in [5.74, 6) is 1.07. The molecule has 0 saturated carbocycles. The molecule has 110 valence electrons. The molecule has 1 unspecified atom stereocenters. The third-order valence-electron chi connectivity index (χ3n) is 3.98. The van der Waals surface area contributed by atoms with Gasteiger partial charge in [-0.2, -0.15) is 0 Å². The minimum absolute atomic E-state index is 0.225. The predicted molar refractivity (Wildman–Crippen MR) is 79.7 cm³/mol. The number of methoxy groups -OCH3 is 1. The van der Waals surface area contributed by atoms with Crippen LogP contribution in [0.5, 0.6) is 5.75 Å². The van der Waals surface area contributed by atoms with Crippen molar-refractivity contribution in [1.29, 1.82) is 0 Å². The Morgan fingerprint density at radius 2 is 2.30 bits per heavy atom. The summed E-state index contributed by atoms with van der Waals surface area (Å²) in [7, 11) is 1.66. The normalized spacial score (nSPS) is 18.9. The number of aryl methyl sites for hydroxylation is 1. The van der Waals surface area contributed by atoms with Crippen LogP contribution in [0.15, 0.2) is 24.3 Å². The molecule has 1 aromatic rings.